The summed E-state index contributed by atoms with van der Waals surface area (Å²) >= 11 is 0. The molecule has 0 radical (unpaired) electrons. The van der Waals surface area contributed by atoms with Crippen LogP contribution in [-0.4, -0.2) is 94.2 Å². The third kappa shape index (κ3) is 13.3. The zero-order valence-electron chi connectivity index (χ0n) is 14.1. The molecule has 11 heteroatoms. The molecule has 0 aliphatic carbocycles. The number of carbonyl (C=O) groups is 3. The SMILES string of the molecule is C=C(C)C(=O)OCC(COC(=O)C(=C)C)C(=O)OCCCS(=O)(=O)O.[CaH2]. The van der Waals surface area contributed by atoms with Crippen LogP contribution in [-0.2, 0) is 38.7 Å². The molecule has 0 heterocycles. The van der Waals surface area contributed by atoms with Crippen LogP contribution in [0, 0.1) is 5.92 Å². The molecule has 0 aliphatic heterocycles. The first-order chi connectivity index (χ1) is 11.4. The third-order valence-corrected chi connectivity index (χ3v) is 3.46. The van der Waals surface area contributed by atoms with Crippen LogP contribution in [0.25, 0.3) is 0 Å². The minimum absolute atomic E-state index is 0. The minimum atomic E-state index is -4.15. The summed E-state index contributed by atoms with van der Waals surface area (Å²) in [6.07, 6.45) is -0.117. The van der Waals surface area contributed by atoms with E-state index in [2.05, 4.69) is 13.2 Å². The standard InChI is InChI=1S/C15H22O9S.Ca.2H/c1-10(2)13(16)23-8-12(9-24-14(17)11(3)4)15(18)22-6-5-7-25(19,20)21;;;/h12H,1,3,5-9H2,2,4H3,(H,19,20,21);;;. The second kappa shape index (κ2) is 13.3. The Bertz CT molecular complexity index is 610. The summed E-state index contributed by atoms with van der Waals surface area (Å²) in [5.74, 6) is -3.97. The van der Waals surface area contributed by atoms with E-state index in [9.17, 15) is 22.8 Å². The first-order valence-electron chi connectivity index (χ1n) is 7.21. The fourth-order valence-corrected chi connectivity index (χ4v) is 1.80. The molecule has 0 aromatic heterocycles. The van der Waals surface area contributed by atoms with Gasteiger partial charge in [-0.2, -0.15) is 8.42 Å². The van der Waals surface area contributed by atoms with Crippen LogP contribution in [0.4, 0.5) is 0 Å². The van der Waals surface area contributed by atoms with Gasteiger partial charge >= 0.3 is 55.6 Å². The number of esters is 3. The predicted octanol–water partition coefficient (Wildman–Crippen LogP) is -0.254. The molecule has 1 N–H and O–H groups in total. The van der Waals surface area contributed by atoms with Gasteiger partial charge in [0.15, 0.2) is 0 Å². The molecule has 0 amide bonds. The summed E-state index contributed by atoms with van der Waals surface area (Å²) in [5.41, 5.74) is 0.249. The van der Waals surface area contributed by atoms with Gasteiger partial charge in [0.05, 0.1) is 12.4 Å². The molecule has 0 saturated carbocycles. The Kier molecular flexibility index (Phi) is 13.9. The van der Waals surface area contributed by atoms with E-state index in [4.69, 9.17) is 18.8 Å². The van der Waals surface area contributed by atoms with Gasteiger partial charge in [-0.25, -0.2) is 9.59 Å². The van der Waals surface area contributed by atoms with Gasteiger partial charge in [-0.15, -0.1) is 0 Å². The van der Waals surface area contributed by atoms with Crippen molar-refractivity contribution in [3.05, 3.63) is 24.3 Å². The summed E-state index contributed by atoms with van der Waals surface area (Å²) < 4.78 is 44.3. The summed E-state index contributed by atoms with van der Waals surface area (Å²) in [4.78, 5) is 34.8. The van der Waals surface area contributed by atoms with Crippen LogP contribution in [0.2, 0.25) is 0 Å². The second-order valence-corrected chi connectivity index (χ2v) is 6.83. The molecule has 0 aliphatic rings. The fourth-order valence-electron chi connectivity index (χ4n) is 1.32. The van der Waals surface area contributed by atoms with Crippen molar-refractivity contribution in [2.45, 2.75) is 20.3 Å². The Labute approximate surface area is 182 Å². The van der Waals surface area contributed by atoms with Crippen molar-refractivity contribution in [2.75, 3.05) is 25.6 Å². The van der Waals surface area contributed by atoms with Gasteiger partial charge in [0.25, 0.3) is 10.1 Å². The van der Waals surface area contributed by atoms with Crippen molar-refractivity contribution in [3.8, 4) is 0 Å². The second-order valence-electron chi connectivity index (χ2n) is 5.26. The van der Waals surface area contributed by atoms with Gasteiger partial charge in [-0.3, -0.25) is 9.35 Å². The molecule has 0 saturated heterocycles. The van der Waals surface area contributed by atoms with Crippen LogP contribution >= 0.6 is 0 Å². The zero-order chi connectivity index (χ0) is 19.6. The average molecular weight is 420 g/mol. The molecule has 0 bridgehead atoms. The summed E-state index contributed by atoms with van der Waals surface area (Å²) in [7, 11) is -4.15. The van der Waals surface area contributed by atoms with E-state index in [1.807, 2.05) is 0 Å². The number of ether oxygens (including phenoxy) is 3. The fraction of sp³-hybridized carbons (Fsp3) is 0.533. The van der Waals surface area contributed by atoms with Gasteiger partial charge < -0.3 is 14.2 Å². The predicted molar refractivity (Wildman–Crippen MR) is 95.6 cm³/mol. The summed E-state index contributed by atoms with van der Waals surface area (Å²) in [6, 6.07) is 0. The van der Waals surface area contributed by atoms with E-state index in [0.717, 1.165) is 0 Å². The molecule has 9 nitrogen and oxygen atoms in total. The zero-order valence-corrected chi connectivity index (χ0v) is 15.0. The van der Waals surface area contributed by atoms with Crippen molar-refractivity contribution < 1.29 is 41.6 Å². The molecule has 146 valence electrons. The Morgan fingerprint density at radius 1 is 0.962 bits per heavy atom. The summed E-state index contributed by atoms with van der Waals surface area (Å²) in [6.45, 7) is 8.53. The van der Waals surface area contributed by atoms with E-state index in [1.54, 1.807) is 0 Å². The van der Waals surface area contributed by atoms with Gasteiger partial charge in [0, 0.05) is 11.1 Å². The molecule has 0 unspecified atom stereocenters. The molecule has 0 aromatic carbocycles. The van der Waals surface area contributed by atoms with E-state index in [1.165, 1.54) is 13.8 Å². The maximum atomic E-state index is 12.0. The van der Waals surface area contributed by atoms with E-state index in [0.29, 0.717) is 0 Å². The molecule has 0 rings (SSSR count). The number of hydrogen-bond donors (Lipinski definition) is 1. The van der Waals surface area contributed by atoms with E-state index >= 15 is 0 Å². The molecular formula is C15H24CaO9S. The molecule has 0 atom stereocenters. The molecule has 26 heavy (non-hydrogen) atoms. The van der Waals surface area contributed by atoms with E-state index < -0.39 is 52.9 Å². The summed E-state index contributed by atoms with van der Waals surface area (Å²) in [5, 5.41) is 0. The van der Waals surface area contributed by atoms with Gasteiger partial charge in [0.2, 0.25) is 0 Å². The first kappa shape index (κ1) is 27.3. The van der Waals surface area contributed by atoms with Crippen LogP contribution in [0.5, 0.6) is 0 Å². The number of rotatable bonds is 11. The van der Waals surface area contributed by atoms with Crippen molar-refractivity contribution in [2.24, 2.45) is 5.92 Å². The molecular weight excluding hydrogens is 396 g/mol. The van der Waals surface area contributed by atoms with Crippen molar-refractivity contribution in [1.29, 1.82) is 0 Å². The first-order valence-corrected chi connectivity index (χ1v) is 8.82. The normalized spacial score (nSPS) is 10.5. The maximum absolute atomic E-state index is 12.0. The third-order valence-electron chi connectivity index (χ3n) is 2.65. The van der Waals surface area contributed by atoms with Gasteiger partial charge in [0.1, 0.15) is 19.1 Å². The molecule has 0 spiro atoms. The van der Waals surface area contributed by atoms with Crippen molar-refractivity contribution in [1.82, 2.24) is 0 Å². The molecule has 0 aromatic rings. The topological polar surface area (TPSA) is 133 Å². The molecule has 0 fully saturated rings. The van der Waals surface area contributed by atoms with Crippen LogP contribution in [0.15, 0.2) is 24.3 Å². The monoisotopic (exact) mass is 420 g/mol. The Hall–Kier alpha value is -0.940. The van der Waals surface area contributed by atoms with Crippen molar-refractivity contribution in [3.63, 3.8) is 0 Å². The Morgan fingerprint density at radius 2 is 1.38 bits per heavy atom. The van der Waals surface area contributed by atoms with Gasteiger partial charge in [-0.1, -0.05) is 13.2 Å². The van der Waals surface area contributed by atoms with E-state index in [-0.39, 0.29) is 61.9 Å². The Morgan fingerprint density at radius 3 is 1.73 bits per heavy atom. The Balaban J connectivity index is 0. The van der Waals surface area contributed by atoms with Crippen LogP contribution in [0.3, 0.4) is 0 Å². The number of carbonyl (C=O) groups excluding carboxylic acids is 3. The quantitative estimate of drug-likeness (QED) is 0.120. The van der Waals surface area contributed by atoms with Crippen molar-refractivity contribution >= 4 is 65.8 Å². The number of hydrogen-bond acceptors (Lipinski definition) is 8. The van der Waals surface area contributed by atoms with Crippen LogP contribution < -0.4 is 0 Å². The van der Waals surface area contributed by atoms with Crippen LogP contribution in [0.1, 0.15) is 20.3 Å². The average Bonchev–Trinajstić information content (AvgIpc) is 2.49. The van der Waals surface area contributed by atoms with Gasteiger partial charge in [-0.05, 0) is 20.3 Å².